The Morgan fingerprint density at radius 3 is 2.92 bits per heavy atom. The summed E-state index contributed by atoms with van der Waals surface area (Å²) in [6, 6.07) is 9.05. The van der Waals surface area contributed by atoms with Crippen molar-refractivity contribution < 1.29 is 10.0 Å². The van der Waals surface area contributed by atoms with E-state index in [1.165, 1.54) is 11.3 Å². The van der Waals surface area contributed by atoms with Crippen molar-refractivity contribution in [1.29, 1.82) is 0 Å². The van der Waals surface area contributed by atoms with Crippen LogP contribution in [0, 0.1) is 6.92 Å². The van der Waals surface area contributed by atoms with Crippen LogP contribution in [0.25, 0.3) is 10.9 Å². The van der Waals surface area contributed by atoms with Crippen molar-refractivity contribution >= 4 is 33.1 Å². The van der Waals surface area contributed by atoms with Crippen LogP contribution in [-0.2, 0) is 6.54 Å². The first-order chi connectivity index (χ1) is 11.5. The minimum atomic E-state index is -0.529. The molecule has 0 aliphatic carbocycles. The van der Waals surface area contributed by atoms with Crippen LogP contribution in [0.5, 0.6) is 0 Å². The SMILES string of the molecule is Cc1nc2ccc(CN(C)c3ccc(C(=O)NO)s3)cc2c(=O)[nH]1. The van der Waals surface area contributed by atoms with E-state index in [0.29, 0.717) is 28.1 Å². The monoisotopic (exact) mass is 344 g/mol. The zero-order chi connectivity index (χ0) is 17.3. The van der Waals surface area contributed by atoms with E-state index in [9.17, 15) is 9.59 Å². The lowest BCUT2D eigenvalue weighted by Crippen LogP contribution is -2.17. The molecule has 0 saturated carbocycles. The minimum Gasteiger partial charge on any atom is -0.362 e. The molecule has 0 fully saturated rings. The number of nitrogens with zero attached hydrogens (tertiary/aromatic N) is 2. The van der Waals surface area contributed by atoms with E-state index in [1.807, 2.05) is 36.2 Å². The van der Waals surface area contributed by atoms with Gasteiger partial charge in [0.05, 0.1) is 20.8 Å². The summed E-state index contributed by atoms with van der Waals surface area (Å²) in [4.78, 5) is 32.9. The molecule has 0 atom stereocenters. The Bertz CT molecular complexity index is 963. The molecule has 124 valence electrons. The van der Waals surface area contributed by atoms with Gasteiger partial charge >= 0.3 is 0 Å². The molecule has 24 heavy (non-hydrogen) atoms. The number of hydroxylamine groups is 1. The van der Waals surface area contributed by atoms with E-state index in [2.05, 4.69) is 9.97 Å². The molecule has 0 aliphatic rings. The van der Waals surface area contributed by atoms with Gasteiger partial charge in [-0.25, -0.2) is 10.5 Å². The Balaban J connectivity index is 1.85. The third kappa shape index (κ3) is 3.15. The third-order valence-corrected chi connectivity index (χ3v) is 4.80. The molecule has 2 aromatic heterocycles. The maximum absolute atomic E-state index is 12.0. The van der Waals surface area contributed by atoms with E-state index >= 15 is 0 Å². The number of H-pyrrole nitrogens is 1. The molecular formula is C16H16N4O3S. The second kappa shape index (κ2) is 6.42. The summed E-state index contributed by atoms with van der Waals surface area (Å²) in [7, 11) is 1.90. The Hall–Kier alpha value is -2.71. The first-order valence-electron chi connectivity index (χ1n) is 7.23. The molecule has 0 saturated heterocycles. The number of nitrogens with one attached hydrogen (secondary N) is 2. The number of aromatic amines is 1. The summed E-state index contributed by atoms with van der Waals surface area (Å²) < 4.78 is 0. The highest BCUT2D eigenvalue weighted by atomic mass is 32.1. The van der Waals surface area contributed by atoms with Gasteiger partial charge in [-0.15, -0.1) is 11.3 Å². The molecule has 1 amide bonds. The summed E-state index contributed by atoms with van der Waals surface area (Å²) in [6.07, 6.45) is 0. The average molecular weight is 344 g/mol. The van der Waals surface area contributed by atoms with Gasteiger partial charge in [0.15, 0.2) is 0 Å². The van der Waals surface area contributed by atoms with Gasteiger partial charge in [0.1, 0.15) is 5.82 Å². The summed E-state index contributed by atoms with van der Waals surface area (Å²) in [5, 5.41) is 10.1. The van der Waals surface area contributed by atoms with Crippen molar-refractivity contribution in [1.82, 2.24) is 15.4 Å². The Morgan fingerprint density at radius 1 is 1.38 bits per heavy atom. The summed E-state index contributed by atoms with van der Waals surface area (Å²) in [5.41, 5.74) is 3.10. The average Bonchev–Trinajstić information content (AvgIpc) is 3.04. The molecule has 2 heterocycles. The van der Waals surface area contributed by atoms with Crippen molar-refractivity contribution in [3.05, 3.63) is 57.0 Å². The van der Waals surface area contributed by atoms with Gasteiger partial charge in [-0.1, -0.05) is 6.07 Å². The number of benzene rings is 1. The molecule has 8 heteroatoms. The van der Waals surface area contributed by atoms with Gasteiger partial charge in [0, 0.05) is 13.6 Å². The lowest BCUT2D eigenvalue weighted by Gasteiger charge is -2.17. The van der Waals surface area contributed by atoms with E-state index < -0.39 is 5.91 Å². The number of carbonyl (C=O) groups excluding carboxylic acids is 1. The Kier molecular flexibility index (Phi) is 4.32. The largest absolute Gasteiger partial charge is 0.362 e. The maximum Gasteiger partial charge on any atom is 0.284 e. The molecule has 7 nitrogen and oxygen atoms in total. The van der Waals surface area contributed by atoms with Crippen molar-refractivity contribution in [2.24, 2.45) is 0 Å². The number of amides is 1. The van der Waals surface area contributed by atoms with E-state index in [0.717, 1.165) is 10.6 Å². The van der Waals surface area contributed by atoms with Crippen LogP contribution in [-0.4, -0.2) is 28.1 Å². The molecule has 1 aromatic carbocycles. The van der Waals surface area contributed by atoms with E-state index in [-0.39, 0.29) is 5.56 Å². The standard InChI is InChI=1S/C16H16N4O3S/c1-9-17-12-4-3-10(7-11(12)15(21)18-9)8-20(2)14-6-5-13(24-14)16(22)19-23/h3-7,23H,8H2,1-2H3,(H,19,22)(H,17,18,21). The van der Waals surface area contributed by atoms with Crippen LogP contribution < -0.4 is 15.9 Å². The first-order valence-corrected chi connectivity index (χ1v) is 8.04. The molecule has 0 unspecified atom stereocenters. The number of hydrogen-bond donors (Lipinski definition) is 3. The molecule has 0 spiro atoms. The second-order valence-electron chi connectivity index (χ2n) is 5.44. The summed E-state index contributed by atoms with van der Waals surface area (Å²) in [5.74, 6) is 0.0592. The zero-order valence-electron chi connectivity index (χ0n) is 13.2. The number of aryl methyl sites for hydroxylation is 1. The summed E-state index contributed by atoms with van der Waals surface area (Å²) in [6.45, 7) is 2.32. The Morgan fingerprint density at radius 2 is 2.17 bits per heavy atom. The van der Waals surface area contributed by atoms with Gasteiger partial charge < -0.3 is 9.88 Å². The lowest BCUT2D eigenvalue weighted by atomic mass is 10.1. The van der Waals surface area contributed by atoms with Crippen LogP contribution in [0.2, 0.25) is 0 Å². The highest BCUT2D eigenvalue weighted by molar-refractivity contribution is 7.17. The van der Waals surface area contributed by atoms with Gasteiger partial charge in [-0.3, -0.25) is 14.8 Å². The van der Waals surface area contributed by atoms with Gasteiger partial charge in [-0.2, -0.15) is 0 Å². The van der Waals surface area contributed by atoms with Crippen molar-refractivity contribution in [3.63, 3.8) is 0 Å². The van der Waals surface area contributed by atoms with Crippen LogP contribution in [0.1, 0.15) is 21.1 Å². The second-order valence-corrected chi connectivity index (χ2v) is 6.50. The molecule has 3 rings (SSSR count). The fraction of sp³-hybridized carbons (Fsp3) is 0.188. The first kappa shape index (κ1) is 16.2. The lowest BCUT2D eigenvalue weighted by molar-refractivity contribution is 0.0711. The molecule has 0 bridgehead atoms. The van der Waals surface area contributed by atoms with Crippen LogP contribution in [0.4, 0.5) is 5.00 Å². The molecule has 0 aliphatic heterocycles. The topological polar surface area (TPSA) is 98.3 Å². The highest BCUT2D eigenvalue weighted by Crippen LogP contribution is 2.26. The van der Waals surface area contributed by atoms with Crippen molar-refractivity contribution in [3.8, 4) is 0 Å². The number of carbonyl (C=O) groups is 1. The number of anilines is 1. The van der Waals surface area contributed by atoms with Crippen molar-refractivity contribution in [2.45, 2.75) is 13.5 Å². The molecule has 0 radical (unpaired) electrons. The third-order valence-electron chi connectivity index (χ3n) is 3.60. The quantitative estimate of drug-likeness (QED) is 0.497. The number of thiophene rings is 1. The van der Waals surface area contributed by atoms with Gasteiger partial charge in [0.25, 0.3) is 11.5 Å². The fourth-order valence-electron chi connectivity index (χ4n) is 2.46. The molecular weight excluding hydrogens is 328 g/mol. The molecule has 3 N–H and O–H groups in total. The predicted octanol–water partition coefficient (Wildman–Crippen LogP) is 2.05. The van der Waals surface area contributed by atoms with Gasteiger partial charge in [0.2, 0.25) is 0 Å². The van der Waals surface area contributed by atoms with E-state index in [1.54, 1.807) is 18.5 Å². The van der Waals surface area contributed by atoms with Crippen LogP contribution >= 0.6 is 11.3 Å². The smallest absolute Gasteiger partial charge is 0.284 e. The number of fused-ring (bicyclic) bond motifs is 1. The minimum absolute atomic E-state index is 0.153. The normalized spacial score (nSPS) is 10.8. The van der Waals surface area contributed by atoms with E-state index in [4.69, 9.17) is 5.21 Å². The maximum atomic E-state index is 12.0. The predicted molar refractivity (Wildman–Crippen MR) is 92.8 cm³/mol. The van der Waals surface area contributed by atoms with Crippen molar-refractivity contribution in [2.75, 3.05) is 11.9 Å². The number of aromatic nitrogens is 2. The Labute approximate surface area is 141 Å². The number of hydrogen-bond acceptors (Lipinski definition) is 6. The van der Waals surface area contributed by atoms with Crippen LogP contribution in [0.15, 0.2) is 35.1 Å². The van der Waals surface area contributed by atoms with Crippen LogP contribution in [0.3, 0.4) is 0 Å². The molecule has 3 aromatic rings. The number of rotatable bonds is 4. The zero-order valence-corrected chi connectivity index (χ0v) is 14.0. The fourth-order valence-corrected chi connectivity index (χ4v) is 3.32. The highest BCUT2D eigenvalue weighted by Gasteiger charge is 2.11. The summed E-state index contributed by atoms with van der Waals surface area (Å²) >= 11 is 1.28. The van der Waals surface area contributed by atoms with Gasteiger partial charge in [-0.05, 0) is 36.8 Å².